The Bertz CT molecular complexity index is 118. The van der Waals surface area contributed by atoms with Crippen LogP contribution in [0.15, 0.2) is 12.7 Å². The monoisotopic (exact) mass is 168 g/mol. The molecule has 70 valence electrons. The standard InChI is InChI=1S/C11H20O/c1-3-5-7-9-11(10-12)8-6-4-2/h3,10-11H,1,4-9H2,2H3. The van der Waals surface area contributed by atoms with Crippen LogP contribution in [-0.2, 0) is 4.79 Å². The molecule has 0 fully saturated rings. The molecule has 0 spiro atoms. The van der Waals surface area contributed by atoms with Crippen LogP contribution in [-0.4, -0.2) is 6.29 Å². The molecule has 0 aliphatic heterocycles. The Morgan fingerprint density at radius 2 is 2.00 bits per heavy atom. The van der Waals surface area contributed by atoms with Crippen molar-refractivity contribution in [2.75, 3.05) is 0 Å². The first-order chi connectivity index (χ1) is 5.85. The van der Waals surface area contributed by atoms with Crippen LogP contribution in [0, 0.1) is 5.92 Å². The molecule has 0 N–H and O–H groups in total. The van der Waals surface area contributed by atoms with Crippen LogP contribution in [0.4, 0.5) is 0 Å². The van der Waals surface area contributed by atoms with E-state index in [4.69, 9.17) is 0 Å². The van der Waals surface area contributed by atoms with E-state index in [9.17, 15) is 4.79 Å². The molecule has 0 radical (unpaired) electrons. The van der Waals surface area contributed by atoms with E-state index in [0.717, 1.165) is 32.0 Å². The fraction of sp³-hybridized carbons (Fsp3) is 0.727. The highest BCUT2D eigenvalue weighted by atomic mass is 16.1. The van der Waals surface area contributed by atoms with Gasteiger partial charge in [0.1, 0.15) is 6.29 Å². The first kappa shape index (κ1) is 11.4. The molecule has 0 aromatic rings. The van der Waals surface area contributed by atoms with E-state index in [2.05, 4.69) is 13.5 Å². The molecular formula is C11H20O. The second-order valence-corrected chi connectivity index (χ2v) is 3.26. The Balaban J connectivity index is 3.38. The summed E-state index contributed by atoms with van der Waals surface area (Å²) in [6.07, 6.45) is 9.64. The minimum atomic E-state index is 0.296. The highest BCUT2D eigenvalue weighted by molar-refractivity contribution is 5.53. The van der Waals surface area contributed by atoms with E-state index >= 15 is 0 Å². The molecule has 0 saturated heterocycles. The van der Waals surface area contributed by atoms with Gasteiger partial charge in [-0.25, -0.2) is 0 Å². The number of aldehydes is 1. The summed E-state index contributed by atoms with van der Waals surface area (Å²) in [6, 6.07) is 0. The van der Waals surface area contributed by atoms with Crippen LogP contribution in [0.1, 0.15) is 45.4 Å². The number of allylic oxidation sites excluding steroid dienone is 1. The largest absolute Gasteiger partial charge is 0.303 e. The summed E-state index contributed by atoms with van der Waals surface area (Å²) < 4.78 is 0. The van der Waals surface area contributed by atoms with Crippen molar-refractivity contribution in [1.29, 1.82) is 0 Å². The lowest BCUT2D eigenvalue weighted by molar-refractivity contribution is -0.111. The predicted octanol–water partition coefficient (Wildman–Crippen LogP) is 3.35. The second-order valence-electron chi connectivity index (χ2n) is 3.26. The van der Waals surface area contributed by atoms with Crippen LogP contribution >= 0.6 is 0 Å². The van der Waals surface area contributed by atoms with Gasteiger partial charge in [0.25, 0.3) is 0 Å². The molecule has 0 aliphatic carbocycles. The number of hydrogen-bond donors (Lipinski definition) is 0. The van der Waals surface area contributed by atoms with Crippen LogP contribution in [0.25, 0.3) is 0 Å². The lowest BCUT2D eigenvalue weighted by atomic mass is 9.97. The molecule has 0 heterocycles. The van der Waals surface area contributed by atoms with Gasteiger partial charge in [0, 0.05) is 5.92 Å². The van der Waals surface area contributed by atoms with Crippen LogP contribution in [0.2, 0.25) is 0 Å². The summed E-state index contributed by atoms with van der Waals surface area (Å²) >= 11 is 0. The molecule has 0 bridgehead atoms. The number of unbranched alkanes of at least 4 members (excludes halogenated alkanes) is 2. The van der Waals surface area contributed by atoms with Crippen molar-refractivity contribution in [3.63, 3.8) is 0 Å². The third-order valence-electron chi connectivity index (χ3n) is 2.10. The van der Waals surface area contributed by atoms with Gasteiger partial charge < -0.3 is 4.79 Å². The zero-order valence-electron chi connectivity index (χ0n) is 8.09. The van der Waals surface area contributed by atoms with Gasteiger partial charge in [0.15, 0.2) is 0 Å². The van der Waals surface area contributed by atoms with Gasteiger partial charge >= 0.3 is 0 Å². The Morgan fingerprint density at radius 1 is 1.33 bits per heavy atom. The summed E-state index contributed by atoms with van der Waals surface area (Å²) in [7, 11) is 0. The van der Waals surface area contributed by atoms with Crippen LogP contribution < -0.4 is 0 Å². The highest BCUT2D eigenvalue weighted by Gasteiger charge is 2.04. The molecule has 1 atom stereocenters. The lowest BCUT2D eigenvalue weighted by Gasteiger charge is -2.07. The van der Waals surface area contributed by atoms with Gasteiger partial charge in [-0.1, -0.05) is 25.8 Å². The topological polar surface area (TPSA) is 17.1 Å². The zero-order valence-corrected chi connectivity index (χ0v) is 8.09. The van der Waals surface area contributed by atoms with E-state index in [0.29, 0.717) is 5.92 Å². The number of carbonyl (C=O) groups is 1. The van der Waals surface area contributed by atoms with Crippen molar-refractivity contribution in [1.82, 2.24) is 0 Å². The lowest BCUT2D eigenvalue weighted by Crippen LogP contribution is -2.01. The highest BCUT2D eigenvalue weighted by Crippen LogP contribution is 2.13. The van der Waals surface area contributed by atoms with Gasteiger partial charge in [-0.15, -0.1) is 6.58 Å². The Labute approximate surface area is 75.9 Å². The van der Waals surface area contributed by atoms with E-state index in [1.54, 1.807) is 0 Å². The molecule has 1 heteroatoms. The maximum absolute atomic E-state index is 10.6. The summed E-state index contributed by atoms with van der Waals surface area (Å²) in [5.74, 6) is 0.296. The first-order valence-corrected chi connectivity index (χ1v) is 4.91. The Morgan fingerprint density at radius 3 is 2.50 bits per heavy atom. The second kappa shape index (κ2) is 8.51. The summed E-state index contributed by atoms with van der Waals surface area (Å²) in [6.45, 7) is 5.82. The molecule has 1 unspecified atom stereocenters. The Hall–Kier alpha value is -0.590. The first-order valence-electron chi connectivity index (χ1n) is 4.91. The fourth-order valence-electron chi connectivity index (χ4n) is 1.27. The van der Waals surface area contributed by atoms with Crippen molar-refractivity contribution in [3.8, 4) is 0 Å². The molecule has 0 rings (SSSR count). The quantitative estimate of drug-likeness (QED) is 0.308. The number of carbonyl (C=O) groups excluding carboxylic acids is 1. The van der Waals surface area contributed by atoms with E-state index in [1.165, 1.54) is 12.8 Å². The van der Waals surface area contributed by atoms with Crippen molar-refractivity contribution in [3.05, 3.63) is 12.7 Å². The molecule has 0 aromatic carbocycles. The zero-order chi connectivity index (χ0) is 9.23. The van der Waals surface area contributed by atoms with Crippen molar-refractivity contribution >= 4 is 6.29 Å². The van der Waals surface area contributed by atoms with Gasteiger partial charge in [-0.3, -0.25) is 0 Å². The molecule has 12 heavy (non-hydrogen) atoms. The van der Waals surface area contributed by atoms with Crippen LogP contribution in [0.5, 0.6) is 0 Å². The summed E-state index contributed by atoms with van der Waals surface area (Å²) in [5.41, 5.74) is 0. The van der Waals surface area contributed by atoms with Gasteiger partial charge in [0.05, 0.1) is 0 Å². The van der Waals surface area contributed by atoms with Crippen molar-refractivity contribution in [2.45, 2.75) is 45.4 Å². The molecule has 0 aliphatic rings. The molecule has 0 aromatic heterocycles. The third kappa shape index (κ3) is 6.14. The van der Waals surface area contributed by atoms with E-state index in [-0.39, 0.29) is 0 Å². The van der Waals surface area contributed by atoms with E-state index in [1.807, 2.05) is 6.08 Å². The Kier molecular flexibility index (Phi) is 8.09. The van der Waals surface area contributed by atoms with Crippen molar-refractivity contribution in [2.24, 2.45) is 5.92 Å². The van der Waals surface area contributed by atoms with Gasteiger partial charge in [-0.05, 0) is 25.7 Å². The summed E-state index contributed by atoms with van der Waals surface area (Å²) in [5, 5.41) is 0. The SMILES string of the molecule is C=CCCCC(C=O)CCCC. The fourth-order valence-corrected chi connectivity index (χ4v) is 1.27. The van der Waals surface area contributed by atoms with Gasteiger partial charge in [0.2, 0.25) is 0 Å². The third-order valence-corrected chi connectivity index (χ3v) is 2.10. The average Bonchev–Trinajstić information content (AvgIpc) is 2.11. The smallest absolute Gasteiger partial charge is 0.123 e. The molecule has 0 saturated carbocycles. The minimum absolute atomic E-state index is 0.296. The van der Waals surface area contributed by atoms with E-state index < -0.39 is 0 Å². The molecule has 0 amide bonds. The maximum Gasteiger partial charge on any atom is 0.123 e. The normalized spacial score (nSPS) is 12.4. The summed E-state index contributed by atoms with van der Waals surface area (Å²) in [4.78, 5) is 10.6. The number of hydrogen-bond acceptors (Lipinski definition) is 1. The number of rotatable bonds is 8. The maximum atomic E-state index is 10.6. The minimum Gasteiger partial charge on any atom is -0.303 e. The predicted molar refractivity (Wildman–Crippen MR) is 53.1 cm³/mol. The average molecular weight is 168 g/mol. The van der Waals surface area contributed by atoms with Crippen molar-refractivity contribution < 1.29 is 4.79 Å². The van der Waals surface area contributed by atoms with Crippen LogP contribution in [0.3, 0.4) is 0 Å². The molecular weight excluding hydrogens is 148 g/mol. The van der Waals surface area contributed by atoms with Gasteiger partial charge in [-0.2, -0.15) is 0 Å². The molecule has 1 nitrogen and oxygen atoms in total.